The Balaban J connectivity index is 3.81. The summed E-state index contributed by atoms with van der Waals surface area (Å²) in [6.45, 7) is 1.33. The minimum absolute atomic E-state index is 0.0654. The second kappa shape index (κ2) is 6.65. The molecule has 0 aliphatic heterocycles. The molecule has 1 nitrogen and oxygen atoms in total. The molecular weight excluding hydrogens is 374 g/mol. The first-order valence-electron chi connectivity index (χ1n) is 6.80. The van der Waals surface area contributed by atoms with Crippen molar-refractivity contribution in [3.8, 4) is 0 Å². The van der Waals surface area contributed by atoms with Crippen molar-refractivity contribution in [3.05, 3.63) is 34.9 Å². The van der Waals surface area contributed by atoms with E-state index in [0.29, 0.717) is 0 Å². The van der Waals surface area contributed by atoms with Gasteiger partial charge in [-0.15, -0.1) is 0 Å². The van der Waals surface area contributed by atoms with Crippen LogP contribution in [0, 0.1) is 0 Å². The maximum absolute atomic E-state index is 13.6. The topological polar surface area (TPSA) is 20.2 Å². The lowest BCUT2D eigenvalue weighted by atomic mass is 9.87. The van der Waals surface area contributed by atoms with Gasteiger partial charge in [0.15, 0.2) is 0 Å². The van der Waals surface area contributed by atoms with Gasteiger partial charge in [0.05, 0.1) is 6.10 Å². The van der Waals surface area contributed by atoms with E-state index in [2.05, 4.69) is 0 Å². The molecule has 1 rings (SSSR count). The fourth-order valence-electron chi connectivity index (χ4n) is 2.19. The van der Waals surface area contributed by atoms with Crippen LogP contribution < -0.4 is 0 Å². The van der Waals surface area contributed by atoms with Gasteiger partial charge in [-0.05, 0) is 12.0 Å². The van der Waals surface area contributed by atoms with Gasteiger partial charge in [-0.1, -0.05) is 31.5 Å². The average molecular weight is 386 g/mol. The number of aliphatic hydroxyl groups is 1. The van der Waals surface area contributed by atoms with Crippen LogP contribution in [0.1, 0.15) is 42.6 Å². The highest BCUT2D eigenvalue weighted by Crippen LogP contribution is 2.51. The van der Waals surface area contributed by atoms with Crippen LogP contribution in [0.4, 0.5) is 43.9 Å². The van der Waals surface area contributed by atoms with Gasteiger partial charge in [0.1, 0.15) is 0 Å². The highest BCUT2D eigenvalue weighted by Gasteiger charge is 2.63. The minimum Gasteiger partial charge on any atom is -0.388 e. The first-order chi connectivity index (χ1) is 11.1. The summed E-state index contributed by atoms with van der Waals surface area (Å²) in [6, 6.07) is 0.363. The predicted octanol–water partition coefficient (Wildman–Crippen LogP) is 5.83. The Labute approximate surface area is 135 Å². The van der Waals surface area contributed by atoms with Crippen LogP contribution in [-0.4, -0.2) is 17.5 Å². The Bertz CT molecular complexity index is 558. The second-order valence-corrected chi connectivity index (χ2v) is 5.22. The summed E-state index contributed by atoms with van der Waals surface area (Å²) in [5.41, 5.74) is -6.04. The third-order valence-corrected chi connectivity index (χ3v) is 3.39. The Hall–Kier alpha value is -1.52. The number of aliphatic hydroxyl groups excluding tert-OH is 1. The molecule has 0 bridgehead atoms. The molecule has 11 heteroatoms. The second-order valence-electron chi connectivity index (χ2n) is 5.22. The highest BCUT2D eigenvalue weighted by molar-refractivity contribution is 5.43. The molecule has 1 aromatic carbocycles. The van der Waals surface area contributed by atoms with E-state index in [0.717, 1.165) is 0 Å². The van der Waals surface area contributed by atoms with Gasteiger partial charge in [0.2, 0.25) is 0 Å². The first kappa shape index (κ1) is 21.5. The zero-order valence-electron chi connectivity index (χ0n) is 12.5. The first-order valence-corrected chi connectivity index (χ1v) is 6.80. The molecule has 0 aliphatic carbocycles. The Morgan fingerprint density at radius 2 is 1.16 bits per heavy atom. The van der Waals surface area contributed by atoms with E-state index in [9.17, 15) is 49.0 Å². The van der Waals surface area contributed by atoms with E-state index in [4.69, 9.17) is 0 Å². The molecule has 0 aromatic heterocycles. The Morgan fingerprint density at radius 3 is 1.44 bits per heavy atom. The summed E-state index contributed by atoms with van der Waals surface area (Å²) in [6.07, 6.45) is -15.5. The van der Waals surface area contributed by atoms with Crippen molar-refractivity contribution in [1.82, 2.24) is 0 Å². The number of halogens is 10. The Morgan fingerprint density at radius 1 is 0.800 bits per heavy atom. The summed E-state index contributed by atoms with van der Waals surface area (Å²) in [5, 5.41) is 9.74. The van der Waals surface area contributed by atoms with Crippen molar-refractivity contribution in [2.75, 3.05) is 0 Å². The van der Waals surface area contributed by atoms with Gasteiger partial charge in [-0.3, -0.25) is 0 Å². The van der Waals surface area contributed by atoms with Gasteiger partial charge in [-0.2, -0.15) is 43.9 Å². The van der Waals surface area contributed by atoms with E-state index < -0.39 is 53.4 Å². The van der Waals surface area contributed by atoms with Crippen molar-refractivity contribution in [2.45, 2.75) is 50.1 Å². The van der Waals surface area contributed by atoms with Crippen LogP contribution in [0.3, 0.4) is 0 Å². The lowest BCUT2D eigenvalue weighted by molar-refractivity contribution is -0.293. The summed E-state index contributed by atoms with van der Waals surface area (Å²) < 4.78 is 130. The van der Waals surface area contributed by atoms with Crippen molar-refractivity contribution in [1.29, 1.82) is 0 Å². The smallest absolute Gasteiger partial charge is 0.388 e. The summed E-state index contributed by atoms with van der Waals surface area (Å²) >= 11 is 0. The molecule has 0 radical (unpaired) electrons. The van der Waals surface area contributed by atoms with Gasteiger partial charge >= 0.3 is 24.2 Å². The van der Waals surface area contributed by atoms with Gasteiger partial charge in [-0.25, -0.2) is 0 Å². The summed E-state index contributed by atoms with van der Waals surface area (Å²) in [4.78, 5) is 0. The molecule has 0 fully saturated rings. The van der Waals surface area contributed by atoms with E-state index >= 15 is 0 Å². The summed E-state index contributed by atoms with van der Waals surface area (Å²) in [5.74, 6) is -11.5. The molecule has 0 saturated heterocycles. The number of alkyl halides is 10. The van der Waals surface area contributed by atoms with Crippen LogP contribution >= 0.6 is 0 Å². The zero-order valence-corrected chi connectivity index (χ0v) is 12.5. The fourth-order valence-corrected chi connectivity index (χ4v) is 2.19. The van der Waals surface area contributed by atoms with Crippen molar-refractivity contribution in [3.63, 3.8) is 0 Å². The third-order valence-electron chi connectivity index (χ3n) is 3.39. The largest absolute Gasteiger partial charge is 0.458 e. The quantitative estimate of drug-likeness (QED) is 0.632. The molecule has 144 valence electrons. The molecule has 0 amide bonds. The molecule has 1 atom stereocenters. The molecule has 25 heavy (non-hydrogen) atoms. The molecule has 1 N–H and O–H groups in total. The number of hydrogen-bond donors (Lipinski definition) is 1. The molecule has 0 aliphatic rings. The monoisotopic (exact) mass is 386 g/mol. The molecular formula is C14H12F10O. The van der Waals surface area contributed by atoms with Crippen LogP contribution in [0.2, 0.25) is 0 Å². The van der Waals surface area contributed by atoms with E-state index in [1.54, 1.807) is 0 Å². The van der Waals surface area contributed by atoms with Gasteiger partial charge in [0.25, 0.3) is 0 Å². The van der Waals surface area contributed by atoms with E-state index in [-0.39, 0.29) is 24.6 Å². The molecule has 0 spiro atoms. The lowest BCUT2D eigenvalue weighted by Gasteiger charge is -2.29. The van der Waals surface area contributed by atoms with Crippen molar-refractivity contribution >= 4 is 0 Å². The van der Waals surface area contributed by atoms with Crippen LogP contribution in [0.15, 0.2) is 18.2 Å². The maximum atomic E-state index is 13.6. The SMILES string of the molecule is CCCC(O)c1c(C(F)(F)C(F)(F)F)cccc1C(F)(F)C(F)(F)F. The predicted molar refractivity (Wildman–Crippen MR) is 66.2 cm³/mol. The van der Waals surface area contributed by atoms with Crippen LogP contribution in [0.5, 0.6) is 0 Å². The van der Waals surface area contributed by atoms with E-state index in [1.807, 2.05) is 0 Å². The fraction of sp³-hybridized carbons (Fsp3) is 0.571. The van der Waals surface area contributed by atoms with Gasteiger partial charge in [0, 0.05) is 11.1 Å². The molecule has 0 saturated carbocycles. The molecule has 1 unspecified atom stereocenters. The average Bonchev–Trinajstić information content (AvgIpc) is 2.44. The summed E-state index contributed by atoms with van der Waals surface area (Å²) in [7, 11) is 0. The van der Waals surface area contributed by atoms with Crippen molar-refractivity contribution < 1.29 is 49.0 Å². The van der Waals surface area contributed by atoms with Crippen LogP contribution in [0.25, 0.3) is 0 Å². The number of rotatable bonds is 5. The Kier molecular flexibility index (Phi) is 5.73. The molecule has 1 aromatic rings. The maximum Gasteiger partial charge on any atom is 0.458 e. The van der Waals surface area contributed by atoms with Gasteiger partial charge < -0.3 is 5.11 Å². The highest BCUT2D eigenvalue weighted by atomic mass is 19.4. The van der Waals surface area contributed by atoms with E-state index in [1.165, 1.54) is 6.92 Å². The third kappa shape index (κ3) is 3.85. The minimum atomic E-state index is -6.25. The van der Waals surface area contributed by atoms with Crippen molar-refractivity contribution in [2.24, 2.45) is 0 Å². The number of hydrogen-bond acceptors (Lipinski definition) is 1. The van der Waals surface area contributed by atoms with Crippen LogP contribution in [-0.2, 0) is 11.8 Å². The normalized spacial score (nSPS) is 15.4. The number of benzene rings is 1. The standard InChI is InChI=1S/C14H12F10O/c1-2-4-9(25)10-7(11(15,16)13(19,20)21)5-3-6-8(10)12(17,18)14(22,23)24/h3,5-6,9,25H,2,4H2,1H3. The lowest BCUT2D eigenvalue weighted by Crippen LogP contribution is -2.38. The molecule has 0 heterocycles. The zero-order chi connectivity index (χ0) is 19.8.